The Kier molecular flexibility index (Phi) is 2.94. The van der Waals surface area contributed by atoms with Gasteiger partial charge in [0.25, 0.3) is 0 Å². The van der Waals surface area contributed by atoms with E-state index in [1.165, 1.54) is 0 Å². The monoisotopic (exact) mass is 250 g/mol. The van der Waals surface area contributed by atoms with Crippen LogP contribution in [0.2, 0.25) is 0 Å². The van der Waals surface area contributed by atoms with Crippen LogP contribution in [0.15, 0.2) is 11.6 Å². The van der Waals surface area contributed by atoms with E-state index in [2.05, 4.69) is 18.0 Å². The summed E-state index contributed by atoms with van der Waals surface area (Å²) in [5.41, 5.74) is 1.17. The highest BCUT2D eigenvalue weighted by molar-refractivity contribution is 5.94. The Balaban J connectivity index is 1.61. The maximum Gasteiger partial charge on any atom is 0.249 e. The van der Waals surface area contributed by atoms with E-state index in [0.29, 0.717) is 5.92 Å². The minimum absolute atomic E-state index is 0.155. The summed E-state index contributed by atoms with van der Waals surface area (Å²) in [5.74, 6) is 0.636. The first-order valence-electron chi connectivity index (χ1n) is 6.95. The molecule has 2 fully saturated rings. The average Bonchev–Trinajstić information content (AvgIpc) is 2.93. The molecule has 2 saturated heterocycles. The zero-order valence-corrected chi connectivity index (χ0v) is 11.1. The van der Waals surface area contributed by atoms with Crippen molar-refractivity contribution in [3.63, 3.8) is 0 Å². The third kappa shape index (κ3) is 1.79. The molecular formula is C14H22N2O2. The summed E-state index contributed by atoms with van der Waals surface area (Å²) in [6.45, 7) is 2.92. The van der Waals surface area contributed by atoms with Crippen molar-refractivity contribution in [1.82, 2.24) is 9.80 Å². The largest absolute Gasteiger partial charge is 0.396 e. The lowest BCUT2D eigenvalue weighted by atomic mass is 9.84. The molecule has 3 rings (SSSR count). The molecular weight excluding hydrogens is 228 g/mol. The zero-order valence-electron chi connectivity index (χ0n) is 11.1. The normalized spacial score (nSPS) is 30.7. The molecule has 1 amide bonds. The minimum Gasteiger partial charge on any atom is -0.396 e. The van der Waals surface area contributed by atoms with Gasteiger partial charge in [-0.05, 0) is 38.6 Å². The van der Waals surface area contributed by atoms with E-state index in [1.807, 2.05) is 4.90 Å². The summed E-state index contributed by atoms with van der Waals surface area (Å²) in [7, 11) is 2.12. The number of likely N-dealkylation sites (tertiary alicyclic amines) is 2. The van der Waals surface area contributed by atoms with Gasteiger partial charge in [0, 0.05) is 31.8 Å². The number of hydrogen-bond acceptors (Lipinski definition) is 3. The lowest BCUT2D eigenvalue weighted by Crippen LogP contribution is -2.68. The standard InChI is InChI=1S/C14H22N2O2/c1-15-7-11(8-17)6-14(15)9-16(10-14)13(18)12-4-2-3-5-12/h4,11,17H,2-3,5-10H2,1H3/t11-/m0/s1. The second-order valence-electron chi connectivity index (χ2n) is 6.14. The van der Waals surface area contributed by atoms with Gasteiger partial charge in [-0.1, -0.05) is 6.08 Å². The van der Waals surface area contributed by atoms with Crippen LogP contribution < -0.4 is 0 Å². The predicted octanol–water partition coefficient (Wildman–Crippen LogP) is 0.622. The maximum absolute atomic E-state index is 12.2. The predicted molar refractivity (Wildman–Crippen MR) is 69.1 cm³/mol. The summed E-state index contributed by atoms with van der Waals surface area (Å²) in [5, 5.41) is 9.27. The first-order chi connectivity index (χ1) is 8.64. The lowest BCUT2D eigenvalue weighted by molar-refractivity contribution is -0.139. The number of carbonyl (C=O) groups excluding carboxylic acids is 1. The Bertz CT molecular complexity index is 385. The highest BCUT2D eigenvalue weighted by atomic mass is 16.3. The van der Waals surface area contributed by atoms with Crippen LogP contribution in [0.4, 0.5) is 0 Å². The van der Waals surface area contributed by atoms with E-state index >= 15 is 0 Å². The Morgan fingerprint density at radius 2 is 2.33 bits per heavy atom. The molecule has 2 aliphatic heterocycles. The topological polar surface area (TPSA) is 43.8 Å². The number of aliphatic hydroxyl groups is 1. The maximum atomic E-state index is 12.2. The van der Waals surface area contributed by atoms with Crippen molar-refractivity contribution in [2.75, 3.05) is 33.3 Å². The zero-order chi connectivity index (χ0) is 12.8. The van der Waals surface area contributed by atoms with Gasteiger partial charge in [-0.15, -0.1) is 0 Å². The van der Waals surface area contributed by atoms with Gasteiger partial charge in [0.15, 0.2) is 0 Å². The van der Waals surface area contributed by atoms with E-state index in [1.54, 1.807) is 0 Å². The Hall–Kier alpha value is -0.870. The van der Waals surface area contributed by atoms with E-state index in [-0.39, 0.29) is 18.1 Å². The highest BCUT2D eigenvalue weighted by Gasteiger charge is 2.53. The van der Waals surface area contributed by atoms with Crippen LogP contribution in [-0.4, -0.2) is 59.6 Å². The number of likely N-dealkylation sites (N-methyl/N-ethyl adjacent to an activating group) is 1. The SMILES string of the molecule is CN1C[C@@H](CO)CC12CN(C(=O)C1=CCCC1)C2. The fourth-order valence-corrected chi connectivity index (χ4v) is 3.71. The molecule has 3 aliphatic rings. The molecule has 1 aliphatic carbocycles. The van der Waals surface area contributed by atoms with Crippen LogP contribution in [0.5, 0.6) is 0 Å². The van der Waals surface area contributed by atoms with Crippen molar-refractivity contribution in [3.05, 3.63) is 11.6 Å². The van der Waals surface area contributed by atoms with Crippen LogP contribution in [0, 0.1) is 5.92 Å². The summed E-state index contributed by atoms with van der Waals surface area (Å²) >= 11 is 0. The van der Waals surface area contributed by atoms with Crippen LogP contribution in [0.1, 0.15) is 25.7 Å². The van der Waals surface area contributed by atoms with Crippen LogP contribution in [0.25, 0.3) is 0 Å². The molecule has 1 atom stereocenters. The van der Waals surface area contributed by atoms with Gasteiger partial charge in [-0.2, -0.15) is 0 Å². The van der Waals surface area contributed by atoms with Gasteiger partial charge in [0.05, 0.1) is 5.54 Å². The molecule has 1 N–H and O–H groups in total. The van der Waals surface area contributed by atoms with Gasteiger partial charge >= 0.3 is 0 Å². The second-order valence-corrected chi connectivity index (χ2v) is 6.14. The summed E-state index contributed by atoms with van der Waals surface area (Å²) in [4.78, 5) is 16.5. The summed E-state index contributed by atoms with van der Waals surface area (Å²) in [6.07, 6.45) is 6.28. The molecule has 4 nitrogen and oxygen atoms in total. The second kappa shape index (κ2) is 4.35. The number of carbonyl (C=O) groups is 1. The molecule has 2 heterocycles. The van der Waals surface area contributed by atoms with Gasteiger partial charge in [0.1, 0.15) is 0 Å². The minimum atomic E-state index is 0.155. The molecule has 0 aromatic carbocycles. The van der Waals surface area contributed by atoms with Crippen molar-refractivity contribution in [3.8, 4) is 0 Å². The number of allylic oxidation sites excluding steroid dienone is 1. The Morgan fingerprint density at radius 3 is 2.89 bits per heavy atom. The van der Waals surface area contributed by atoms with Crippen LogP contribution in [0.3, 0.4) is 0 Å². The summed E-state index contributed by atoms with van der Waals surface area (Å²) < 4.78 is 0. The fourth-order valence-electron chi connectivity index (χ4n) is 3.71. The van der Waals surface area contributed by atoms with Gasteiger partial charge < -0.3 is 10.0 Å². The van der Waals surface area contributed by atoms with Crippen LogP contribution in [-0.2, 0) is 4.79 Å². The molecule has 1 spiro atoms. The van der Waals surface area contributed by atoms with Crippen molar-refractivity contribution < 1.29 is 9.90 Å². The van der Waals surface area contributed by atoms with Crippen molar-refractivity contribution >= 4 is 5.91 Å². The molecule has 0 aromatic heterocycles. The van der Waals surface area contributed by atoms with Crippen molar-refractivity contribution in [2.24, 2.45) is 5.92 Å². The van der Waals surface area contributed by atoms with E-state index in [9.17, 15) is 9.90 Å². The Morgan fingerprint density at radius 1 is 1.56 bits per heavy atom. The Labute approximate surface area is 108 Å². The third-order valence-electron chi connectivity index (χ3n) is 4.84. The first kappa shape index (κ1) is 12.2. The number of nitrogens with zero attached hydrogens (tertiary/aromatic N) is 2. The number of amides is 1. The molecule has 0 aromatic rings. The van der Waals surface area contributed by atoms with Crippen molar-refractivity contribution in [2.45, 2.75) is 31.2 Å². The highest BCUT2D eigenvalue weighted by Crippen LogP contribution is 2.40. The number of hydrogen-bond donors (Lipinski definition) is 1. The van der Waals surface area contributed by atoms with Crippen molar-refractivity contribution in [1.29, 1.82) is 0 Å². The first-order valence-corrected chi connectivity index (χ1v) is 6.95. The van der Waals surface area contributed by atoms with E-state index in [0.717, 1.165) is 50.9 Å². The molecule has 18 heavy (non-hydrogen) atoms. The van der Waals surface area contributed by atoms with Crippen LogP contribution >= 0.6 is 0 Å². The number of rotatable bonds is 2. The number of aliphatic hydroxyl groups excluding tert-OH is 1. The third-order valence-corrected chi connectivity index (χ3v) is 4.84. The molecule has 0 unspecified atom stereocenters. The van der Waals surface area contributed by atoms with Gasteiger partial charge in [-0.3, -0.25) is 9.69 Å². The molecule has 0 saturated carbocycles. The molecule has 100 valence electrons. The smallest absolute Gasteiger partial charge is 0.249 e. The molecule has 0 radical (unpaired) electrons. The summed E-state index contributed by atoms with van der Waals surface area (Å²) in [6, 6.07) is 0. The molecule has 4 heteroatoms. The quantitative estimate of drug-likeness (QED) is 0.781. The van der Waals surface area contributed by atoms with Gasteiger partial charge in [-0.25, -0.2) is 0 Å². The average molecular weight is 250 g/mol. The van der Waals surface area contributed by atoms with E-state index in [4.69, 9.17) is 0 Å². The molecule has 0 bridgehead atoms. The van der Waals surface area contributed by atoms with E-state index < -0.39 is 0 Å². The lowest BCUT2D eigenvalue weighted by Gasteiger charge is -2.52. The van der Waals surface area contributed by atoms with Gasteiger partial charge in [0.2, 0.25) is 5.91 Å². The fraction of sp³-hybridized carbons (Fsp3) is 0.786.